The van der Waals surface area contributed by atoms with E-state index in [-0.39, 0.29) is 32.3 Å². The van der Waals surface area contributed by atoms with Crippen LogP contribution in [0.15, 0.2) is 21.4 Å². The van der Waals surface area contributed by atoms with E-state index in [0.717, 1.165) is 0 Å². The van der Waals surface area contributed by atoms with Gasteiger partial charge in [0.25, 0.3) is 0 Å². The number of ether oxygens (including phenoxy) is 3. The van der Waals surface area contributed by atoms with Crippen LogP contribution in [0.1, 0.15) is 27.2 Å². The van der Waals surface area contributed by atoms with E-state index >= 15 is 0 Å². The van der Waals surface area contributed by atoms with E-state index in [2.05, 4.69) is 15.0 Å². The van der Waals surface area contributed by atoms with Crippen LogP contribution in [0.2, 0.25) is 0 Å². The molecule has 0 aromatic heterocycles. The number of rotatable bonds is 8. The predicted molar refractivity (Wildman–Crippen MR) is 86.3 cm³/mol. The number of carbonyl (C=O) groups excluding carboxylic acids is 2. The van der Waals surface area contributed by atoms with Gasteiger partial charge in [0.05, 0.1) is 50.2 Å². The molecule has 0 aliphatic carbocycles. The lowest BCUT2D eigenvalue weighted by Gasteiger charge is -2.23. The van der Waals surface area contributed by atoms with Gasteiger partial charge in [-0.05, 0) is 25.8 Å². The average molecular weight is 338 g/mol. The van der Waals surface area contributed by atoms with Crippen molar-refractivity contribution in [1.82, 2.24) is 0 Å². The van der Waals surface area contributed by atoms with E-state index in [9.17, 15) is 9.59 Å². The summed E-state index contributed by atoms with van der Waals surface area (Å²) in [6.07, 6.45) is 0.158. The Labute approximate surface area is 140 Å². The van der Waals surface area contributed by atoms with Crippen LogP contribution in [0.3, 0.4) is 0 Å². The maximum atomic E-state index is 12.1. The second kappa shape index (κ2) is 9.69. The number of carbonyl (C=O) groups is 2. The SMILES string of the molecule is CCOC(=O)C1=C(COCC(C)N=[N+]=[N-])N=C(C)C(C(=O)OC)C1. The topological polar surface area (TPSA) is 123 Å². The van der Waals surface area contributed by atoms with Crippen molar-refractivity contribution in [2.24, 2.45) is 16.0 Å². The highest BCUT2D eigenvalue weighted by atomic mass is 16.5. The van der Waals surface area contributed by atoms with Crippen molar-refractivity contribution in [3.8, 4) is 0 Å². The Morgan fingerprint density at radius 2 is 2.21 bits per heavy atom. The molecule has 9 heteroatoms. The first kappa shape index (κ1) is 19.7. The first-order chi connectivity index (χ1) is 11.4. The highest BCUT2D eigenvalue weighted by Crippen LogP contribution is 2.26. The van der Waals surface area contributed by atoms with Crippen LogP contribution < -0.4 is 0 Å². The summed E-state index contributed by atoms with van der Waals surface area (Å²) in [6, 6.07) is -0.335. The van der Waals surface area contributed by atoms with Crippen molar-refractivity contribution in [2.75, 3.05) is 26.9 Å². The third-order valence-corrected chi connectivity index (χ3v) is 3.43. The summed E-state index contributed by atoms with van der Waals surface area (Å²) in [6.45, 7) is 5.58. The third kappa shape index (κ3) is 5.36. The molecule has 0 spiro atoms. The summed E-state index contributed by atoms with van der Waals surface area (Å²) >= 11 is 0. The van der Waals surface area contributed by atoms with Gasteiger partial charge in [0, 0.05) is 10.6 Å². The molecule has 1 rings (SSSR count). The zero-order valence-electron chi connectivity index (χ0n) is 14.3. The van der Waals surface area contributed by atoms with Crippen molar-refractivity contribution in [1.29, 1.82) is 0 Å². The summed E-state index contributed by atoms with van der Waals surface area (Å²) < 4.78 is 15.2. The molecule has 9 nitrogen and oxygen atoms in total. The van der Waals surface area contributed by atoms with Crippen LogP contribution in [0, 0.1) is 5.92 Å². The van der Waals surface area contributed by atoms with Gasteiger partial charge in [-0.2, -0.15) is 0 Å². The smallest absolute Gasteiger partial charge is 0.335 e. The number of esters is 2. The van der Waals surface area contributed by atoms with Crippen molar-refractivity contribution < 1.29 is 23.8 Å². The van der Waals surface area contributed by atoms with Crippen molar-refractivity contribution >= 4 is 17.7 Å². The van der Waals surface area contributed by atoms with Gasteiger partial charge in [-0.15, -0.1) is 0 Å². The highest BCUT2D eigenvalue weighted by molar-refractivity contribution is 6.05. The van der Waals surface area contributed by atoms with Crippen LogP contribution in [0.4, 0.5) is 0 Å². The summed E-state index contributed by atoms with van der Waals surface area (Å²) in [4.78, 5) is 31.0. The van der Waals surface area contributed by atoms with Gasteiger partial charge >= 0.3 is 11.9 Å². The van der Waals surface area contributed by atoms with Gasteiger partial charge in [0.15, 0.2) is 0 Å². The maximum Gasteiger partial charge on any atom is 0.335 e. The molecule has 1 aliphatic heterocycles. The lowest BCUT2D eigenvalue weighted by Crippen LogP contribution is -2.30. The summed E-state index contributed by atoms with van der Waals surface area (Å²) in [7, 11) is 1.29. The van der Waals surface area contributed by atoms with Gasteiger partial charge in [0.2, 0.25) is 0 Å². The number of hydrogen-bond acceptors (Lipinski definition) is 7. The molecular weight excluding hydrogens is 316 g/mol. The zero-order chi connectivity index (χ0) is 18.1. The summed E-state index contributed by atoms with van der Waals surface area (Å²) in [5.41, 5.74) is 9.63. The van der Waals surface area contributed by atoms with Gasteiger partial charge in [-0.3, -0.25) is 9.79 Å². The molecule has 0 saturated heterocycles. The number of hydrogen-bond donors (Lipinski definition) is 0. The van der Waals surface area contributed by atoms with Crippen molar-refractivity contribution in [2.45, 2.75) is 33.2 Å². The van der Waals surface area contributed by atoms with Gasteiger partial charge in [-0.25, -0.2) is 4.79 Å². The van der Waals surface area contributed by atoms with Crippen LogP contribution in [0.5, 0.6) is 0 Å². The molecule has 0 N–H and O–H groups in total. The Morgan fingerprint density at radius 3 is 2.79 bits per heavy atom. The van der Waals surface area contributed by atoms with Crippen LogP contribution in [-0.2, 0) is 23.8 Å². The van der Waals surface area contributed by atoms with E-state index in [1.54, 1.807) is 20.8 Å². The Kier molecular flexibility index (Phi) is 7.94. The molecule has 0 aromatic rings. The summed E-state index contributed by atoms with van der Waals surface area (Å²) in [5.74, 6) is -1.58. The molecule has 132 valence electrons. The molecular formula is C15H22N4O5. The molecule has 1 aliphatic rings. The average Bonchev–Trinajstić information content (AvgIpc) is 2.54. The molecule has 0 aromatic carbocycles. The molecule has 2 atom stereocenters. The standard InChI is InChI=1S/C15H22N4O5/c1-5-24-15(21)12-6-11(14(20)22-4)10(3)17-13(12)8-23-7-9(2)18-19-16/h9,11H,5-8H2,1-4H3. The first-order valence-corrected chi connectivity index (χ1v) is 7.58. The number of methoxy groups -OCH3 is 1. The Balaban J connectivity index is 2.94. The van der Waals surface area contributed by atoms with Gasteiger partial charge in [0.1, 0.15) is 0 Å². The minimum Gasteiger partial charge on any atom is -0.469 e. The normalized spacial score (nSPS) is 18.3. The monoisotopic (exact) mass is 338 g/mol. The number of azide groups is 1. The van der Waals surface area contributed by atoms with E-state index in [4.69, 9.17) is 19.7 Å². The first-order valence-electron chi connectivity index (χ1n) is 7.58. The Hall–Kier alpha value is -2.38. The fourth-order valence-corrected chi connectivity index (χ4v) is 2.21. The van der Waals surface area contributed by atoms with Crippen molar-refractivity contribution in [3.05, 3.63) is 21.7 Å². The largest absolute Gasteiger partial charge is 0.469 e. The lowest BCUT2D eigenvalue weighted by molar-refractivity contribution is -0.143. The van der Waals surface area contributed by atoms with Crippen LogP contribution in [0.25, 0.3) is 10.4 Å². The molecule has 2 unspecified atom stereocenters. The van der Waals surface area contributed by atoms with E-state index < -0.39 is 17.9 Å². The molecule has 0 saturated carbocycles. The molecule has 24 heavy (non-hydrogen) atoms. The Morgan fingerprint density at radius 1 is 1.50 bits per heavy atom. The minimum absolute atomic E-state index is 0.0602. The fraction of sp³-hybridized carbons (Fsp3) is 0.667. The number of aliphatic imine (C=N–C) groups is 1. The highest BCUT2D eigenvalue weighted by Gasteiger charge is 2.32. The van der Waals surface area contributed by atoms with Gasteiger partial charge < -0.3 is 14.2 Å². The molecule has 0 amide bonds. The molecule has 0 radical (unpaired) electrons. The number of nitrogens with zero attached hydrogens (tertiary/aromatic N) is 4. The Bertz CT molecular complexity index is 593. The van der Waals surface area contributed by atoms with Crippen LogP contribution in [-0.4, -0.2) is 50.6 Å². The second-order valence-electron chi connectivity index (χ2n) is 5.25. The molecule has 0 fully saturated rings. The fourth-order valence-electron chi connectivity index (χ4n) is 2.21. The second-order valence-corrected chi connectivity index (χ2v) is 5.25. The summed E-state index contributed by atoms with van der Waals surface area (Å²) in [5, 5.41) is 3.50. The molecule has 1 heterocycles. The van der Waals surface area contributed by atoms with Crippen LogP contribution >= 0.6 is 0 Å². The van der Waals surface area contributed by atoms with E-state index in [0.29, 0.717) is 17.0 Å². The van der Waals surface area contributed by atoms with E-state index in [1.807, 2.05) is 0 Å². The van der Waals surface area contributed by atoms with Crippen molar-refractivity contribution in [3.63, 3.8) is 0 Å². The lowest BCUT2D eigenvalue weighted by atomic mass is 9.91. The van der Waals surface area contributed by atoms with Gasteiger partial charge in [-0.1, -0.05) is 12.0 Å². The van der Waals surface area contributed by atoms with E-state index in [1.165, 1.54) is 7.11 Å². The maximum absolute atomic E-state index is 12.1. The minimum atomic E-state index is -0.611. The predicted octanol–water partition coefficient (Wildman–Crippen LogP) is 2.17. The zero-order valence-corrected chi connectivity index (χ0v) is 14.3. The molecule has 0 bridgehead atoms. The quantitative estimate of drug-likeness (QED) is 0.290. The third-order valence-electron chi connectivity index (χ3n) is 3.43.